The lowest BCUT2D eigenvalue weighted by Crippen LogP contribution is -2.40. The van der Waals surface area contributed by atoms with E-state index in [1.54, 1.807) is 24.3 Å². The summed E-state index contributed by atoms with van der Waals surface area (Å²) < 4.78 is 19.5. The molecule has 0 saturated carbocycles. The second kappa shape index (κ2) is 9.66. The number of halogens is 1. The molecule has 4 aromatic carbocycles. The number of benzene rings is 4. The van der Waals surface area contributed by atoms with Gasteiger partial charge in [-0.3, -0.25) is 4.90 Å². The van der Waals surface area contributed by atoms with Gasteiger partial charge in [-0.05, 0) is 59.0 Å². The van der Waals surface area contributed by atoms with E-state index in [9.17, 15) is 19.1 Å². The van der Waals surface area contributed by atoms with Crippen molar-refractivity contribution in [2.75, 3.05) is 11.5 Å². The Morgan fingerprint density at radius 2 is 1.42 bits per heavy atom. The number of aryl methyl sites for hydroxylation is 1. The fourth-order valence-electron chi connectivity index (χ4n) is 4.78. The third kappa shape index (κ3) is 4.33. The van der Waals surface area contributed by atoms with Gasteiger partial charge >= 0.3 is 12.1 Å². The Hall–Kier alpha value is -4.45. The van der Waals surface area contributed by atoms with Gasteiger partial charge in [0.1, 0.15) is 12.4 Å². The Bertz CT molecular complexity index is 1370. The highest BCUT2D eigenvalue weighted by molar-refractivity contribution is 5.96. The molecule has 1 N–H and O–H groups in total. The minimum absolute atomic E-state index is 0.0325. The molecule has 0 spiro atoms. The molecule has 36 heavy (non-hydrogen) atoms. The fourth-order valence-corrected chi connectivity index (χ4v) is 4.78. The molecule has 0 fully saturated rings. The van der Waals surface area contributed by atoms with Gasteiger partial charge in [0.25, 0.3) is 0 Å². The highest BCUT2D eigenvalue weighted by atomic mass is 19.1. The van der Waals surface area contributed by atoms with Crippen LogP contribution in [0.1, 0.15) is 34.2 Å². The largest absolute Gasteiger partial charge is 0.479 e. The first-order chi connectivity index (χ1) is 17.4. The van der Waals surface area contributed by atoms with Crippen LogP contribution in [0, 0.1) is 12.7 Å². The summed E-state index contributed by atoms with van der Waals surface area (Å²) in [7, 11) is 0. The summed E-state index contributed by atoms with van der Waals surface area (Å²) in [6, 6.07) is 26.6. The normalized spacial score (nSPS) is 12.9. The smallest absolute Gasteiger partial charge is 0.415 e. The number of carboxylic acid groups (broad SMARTS) is 1. The number of amides is 1. The van der Waals surface area contributed by atoms with Gasteiger partial charge in [-0.25, -0.2) is 14.0 Å². The van der Waals surface area contributed by atoms with E-state index < -0.39 is 23.9 Å². The van der Waals surface area contributed by atoms with Gasteiger partial charge in [0.15, 0.2) is 6.04 Å². The molecule has 0 aromatic heterocycles. The molecule has 0 saturated heterocycles. The predicted molar refractivity (Wildman–Crippen MR) is 136 cm³/mol. The maximum Gasteiger partial charge on any atom is 0.415 e. The van der Waals surface area contributed by atoms with Crippen LogP contribution in [0.2, 0.25) is 0 Å². The molecule has 1 aliphatic rings. The minimum atomic E-state index is -1.35. The van der Waals surface area contributed by atoms with Crippen LogP contribution in [-0.4, -0.2) is 23.8 Å². The molecular formula is C30H24FNO4. The van der Waals surface area contributed by atoms with Crippen molar-refractivity contribution in [3.05, 3.63) is 125 Å². The summed E-state index contributed by atoms with van der Waals surface area (Å²) in [6.07, 6.45) is -0.823. The highest BCUT2D eigenvalue weighted by Crippen LogP contribution is 2.44. The standard InChI is InChI=1S/C30H24FNO4/c1-19-10-12-20(13-11-19)28(29(33)34)32(22-16-14-21(31)15-17-22)30(35)36-18-27-25-8-4-2-6-23(25)24-7-3-5-9-26(24)27/h2-17,27-28H,18H2,1H3,(H,33,34). The number of fused-ring (bicyclic) bond motifs is 3. The van der Waals surface area contributed by atoms with Gasteiger partial charge in [-0.2, -0.15) is 0 Å². The van der Waals surface area contributed by atoms with Gasteiger partial charge in [0.2, 0.25) is 0 Å². The molecule has 6 heteroatoms. The van der Waals surface area contributed by atoms with Crippen LogP contribution in [-0.2, 0) is 9.53 Å². The summed E-state index contributed by atoms with van der Waals surface area (Å²) >= 11 is 0. The molecule has 1 aliphatic carbocycles. The van der Waals surface area contributed by atoms with Crippen molar-refractivity contribution in [3.8, 4) is 11.1 Å². The van der Waals surface area contributed by atoms with E-state index in [1.807, 2.05) is 55.5 Å². The zero-order valence-electron chi connectivity index (χ0n) is 19.6. The Balaban J connectivity index is 1.48. The number of hydrogen-bond donors (Lipinski definition) is 1. The van der Waals surface area contributed by atoms with Crippen molar-refractivity contribution >= 4 is 17.7 Å². The topological polar surface area (TPSA) is 66.8 Å². The first-order valence-corrected chi connectivity index (χ1v) is 11.6. The number of ether oxygens (including phenoxy) is 1. The van der Waals surface area contributed by atoms with Gasteiger partial charge in [0, 0.05) is 11.6 Å². The second-order valence-electron chi connectivity index (χ2n) is 8.80. The second-order valence-corrected chi connectivity index (χ2v) is 8.80. The van der Waals surface area contributed by atoms with Crippen LogP contribution in [0.25, 0.3) is 11.1 Å². The van der Waals surface area contributed by atoms with Crippen molar-refractivity contribution in [1.29, 1.82) is 0 Å². The Morgan fingerprint density at radius 3 is 1.97 bits per heavy atom. The molecule has 4 aromatic rings. The predicted octanol–water partition coefficient (Wildman–Crippen LogP) is 6.72. The van der Waals surface area contributed by atoms with Crippen LogP contribution < -0.4 is 4.90 Å². The van der Waals surface area contributed by atoms with Crippen molar-refractivity contribution in [3.63, 3.8) is 0 Å². The zero-order chi connectivity index (χ0) is 25.2. The van der Waals surface area contributed by atoms with Crippen molar-refractivity contribution in [2.24, 2.45) is 0 Å². The molecule has 5 nitrogen and oxygen atoms in total. The van der Waals surface area contributed by atoms with Crippen LogP contribution >= 0.6 is 0 Å². The maximum atomic E-state index is 13.7. The highest BCUT2D eigenvalue weighted by Gasteiger charge is 2.35. The number of carbonyl (C=O) groups is 2. The number of carboxylic acids is 1. The molecule has 0 radical (unpaired) electrons. The molecule has 180 valence electrons. The quantitative estimate of drug-likeness (QED) is 0.332. The summed E-state index contributed by atoms with van der Waals surface area (Å²) in [5.74, 6) is -1.90. The van der Waals surface area contributed by atoms with Gasteiger partial charge in [-0.1, -0.05) is 78.4 Å². The summed E-state index contributed by atoms with van der Waals surface area (Å²) in [5, 5.41) is 10.1. The van der Waals surface area contributed by atoms with E-state index >= 15 is 0 Å². The zero-order valence-corrected chi connectivity index (χ0v) is 19.6. The number of carbonyl (C=O) groups excluding carboxylic acids is 1. The van der Waals surface area contributed by atoms with Crippen molar-refractivity contribution in [1.82, 2.24) is 0 Å². The average molecular weight is 482 g/mol. The molecule has 1 atom stereocenters. The molecular weight excluding hydrogens is 457 g/mol. The SMILES string of the molecule is Cc1ccc(C(C(=O)O)N(C(=O)OCC2c3ccccc3-c3ccccc32)c2ccc(F)cc2)cc1. The molecule has 1 amide bonds. The lowest BCUT2D eigenvalue weighted by Gasteiger charge is -2.29. The number of anilines is 1. The van der Waals surface area contributed by atoms with Gasteiger partial charge in [0.05, 0.1) is 0 Å². The van der Waals surface area contributed by atoms with Crippen LogP contribution in [0.5, 0.6) is 0 Å². The number of rotatable bonds is 6. The van der Waals surface area contributed by atoms with E-state index in [-0.39, 0.29) is 18.2 Å². The first kappa shape index (κ1) is 23.3. The van der Waals surface area contributed by atoms with Crippen molar-refractivity contribution in [2.45, 2.75) is 18.9 Å². The minimum Gasteiger partial charge on any atom is -0.479 e. The molecule has 1 unspecified atom stereocenters. The van der Waals surface area contributed by atoms with E-state index in [0.29, 0.717) is 5.56 Å². The summed E-state index contributed by atoms with van der Waals surface area (Å²) in [6.45, 7) is 1.92. The summed E-state index contributed by atoms with van der Waals surface area (Å²) in [5.41, 5.74) is 5.87. The monoisotopic (exact) mass is 481 g/mol. The maximum absolute atomic E-state index is 13.7. The number of hydrogen-bond acceptors (Lipinski definition) is 3. The van der Waals surface area contributed by atoms with E-state index in [1.165, 1.54) is 24.3 Å². The molecule has 5 rings (SSSR count). The molecule has 0 bridgehead atoms. The van der Waals surface area contributed by atoms with Crippen LogP contribution in [0.3, 0.4) is 0 Å². The lowest BCUT2D eigenvalue weighted by molar-refractivity contribution is -0.138. The first-order valence-electron chi connectivity index (χ1n) is 11.6. The van der Waals surface area contributed by atoms with E-state index in [4.69, 9.17) is 4.74 Å². The Kier molecular flexibility index (Phi) is 6.25. The average Bonchev–Trinajstić information content (AvgIpc) is 3.21. The molecule has 0 heterocycles. The van der Waals surface area contributed by atoms with Crippen molar-refractivity contribution < 1.29 is 23.8 Å². The van der Waals surface area contributed by atoms with Crippen LogP contribution in [0.15, 0.2) is 97.1 Å². The van der Waals surface area contributed by atoms with Crippen LogP contribution in [0.4, 0.5) is 14.9 Å². The van der Waals surface area contributed by atoms with E-state index in [0.717, 1.165) is 32.7 Å². The molecule has 0 aliphatic heterocycles. The summed E-state index contributed by atoms with van der Waals surface area (Å²) in [4.78, 5) is 27.0. The lowest BCUT2D eigenvalue weighted by atomic mass is 9.98. The van der Waals surface area contributed by atoms with Gasteiger partial charge in [-0.15, -0.1) is 0 Å². The Morgan fingerprint density at radius 1 is 0.861 bits per heavy atom. The Labute approximate surface area is 208 Å². The number of nitrogens with zero attached hydrogens (tertiary/aromatic N) is 1. The number of aliphatic carboxylic acids is 1. The van der Waals surface area contributed by atoms with E-state index in [2.05, 4.69) is 0 Å². The van der Waals surface area contributed by atoms with Gasteiger partial charge < -0.3 is 9.84 Å². The third-order valence-electron chi connectivity index (χ3n) is 6.52. The fraction of sp³-hybridized carbons (Fsp3) is 0.133. The third-order valence-corrected chi connectivity index (χ3v) is 6.52.